The van der Waals surface area contributed by atoms with E-state index in [1.54, 1.807) is 0 Å². The van der Waals surface area contributed by atoms with Crippen LogP contribution < -0.4 is 31.4 Å². The summed E-state index contributed by atoms with van der Waals surface area (Å²) in [6.07, 6.45) is 0.0146. The van der Waals surface area contributed by atoms with E-state index in [-0.39, 0.29) is 90.3 Å². The minimum absolute atomic E-state index is 0.0214. The molecule has 1 aliphatic carbocycles. The van der Waals surface area contributed by atoms with Gasteiger partial charge >= 0.3 is 10.1 Å². The fourth-order valence-electron chi connectivity index (χ4n) is 10.0. The number of aromatic nitrogens is 7. The van der Waals surface area contributed by atoms with Crippen LogP contribution in [0.4, 0.5) is 29.0 Å². The third kappa shape index (κ3) is 15.0. The van der Waals surface area contributed by atoms with E-state index in [1.165, 1.54) is 18.2 Å². The topological polar surface area (TPSA) is 608 Å². The molecule has 3 aliphatic rings. The van der Waals surface area contributed by atoms with Crippen molar-refractivity contribution in [3.63, 3.8) is 0 Å². The van der Waals surface area contributed by atoms with Crippen LogP contribution in [-0.2, 0) is 80.9 Å². The van der Waals surface area contributed by atoms with Crippen LogP contribution in [0.15, 0.2) is 121 Å². The van der Waals surface area contributed by atoms with Crippen molar-refractivity contribution < 1.29 is 113 Å². The average Bonchev–Trinajstić information content (AvgIpc) is 0.732. The summed E-state index contributed by atoms with van der Waals surface area (Å²) < 4.78 is 294. The lowest BCUT2D eigenvalue weighted by Gasteiger charge is -2.27. The smallest absolute Gasteiger partial charge is 0.300 e. The fraction of sp³-hybridized carbons (Fsp3) is 0.120. The lowest BCUT2D eigenvalue weighted by molar-refractivity contribution is 0.449. The summed E-state index contributed by atoms with van der Waals surface area (Å²) in [5, 5.41) is 6.44. The standard InChI is InChI=1S/C50H36Cl4N12O26S8/c51-35-38-42(92-40-28(60-38)4-6-30(44(40)100(88,89)90)56-8-2-10-58-50-64-46(62-48(54)66-50)26-16-22(94(70,71)72)12-20-14-24(96(76,77)78)18-32(34(20)26)98(82,83)84)36(52)37-41(35)91-39-27(59-37)3-5-29(43(39)99(85,86)87)55-7-1-9-57-49-63-45(61-47(53)65-49)25-15-21(93(67,68)69)11-19-13-23(95(73,74)75)17-31(33(19)25)97(79,80)81/h3-6,11-18,55,59H,1-2,7-10H2,(H,67,68,69)(H,70,71,72)(H,73,74,75)(H,76,77,78)(H,79,80,81)(H,82,83,84)(H,85,86,87)(H,88,89,90)(H,57,61,63,65)(H,58,62,64,66). The Morgan fingerprint density at radius 2 is 0.920 bits per heavy atom. The van der Waals surface area contributed by atoms with Gasteiger partial charge in [-0.05, 0) is 120 Å². The first kappa shape index (κ1) is 73.1. The van der Waals surface area contributed by atoms with Gasteiger partial charge in [0.15, 0.2) is 44.3 Å². The Bertz CT molecular complexity index is 6280. The first-order valence-electron chi connectivity index (χ1n) is 26.8. The molecular formula is C50H36Cl4N12O26S8. The number of benzene rings is 7. The molecule has 0 atom stereocenters. The number of rotatable bonds is 21. The third-order valence-corrected chi connectivity index (χ3v) is 22.0. The molecule has 0 radical (unpaired) electrons. The molecule has 4 heterocycles. The SMILES string of the molecule is O=S(=O)(O)c1cc(-c2nc(Cl)nc(NCCCN=c3ccc4nc5c(Cl)c6c(c(Cl)c5oc-4c3S(=O)(=O)O)Nc3ccc(NCCCNc4nc(Cl)nc(-c5cc(S(=O)(=O)O)cc7cc(S(=O)(=O)O)cc(S(=O)(=O)O)c57)n4)c(S(=O)(=O)O)c3O6)n2)c2c(S(=O)(=O)O)cc(S(=O)(=O)O)cc2c1. The van der Waals surface area contributed by atoms with Crippen molar-refractivity contribution in [1.82, 2.24) is 34.9 Å². The molecule has 528 valence electrons. The number of halogens is 4. The summed E-state index contributed by atoms with van der Waals surface area (Å²) in [6, 6.07) is 9.46. The first-order valence-corrected chi connectivity index (χ1v) is 39.8. The Balaban J connectivity index is 0.825. The Labute approximate surface area is 581 Å². The van der Waals surface area contributed by atoms with Crippen LogP contribution in [0, 0.1) is 0 Å². The van der Waals surface area contributed by atoms with E-state index in [2.05, 4.69) is 61.1 Å². The number of nitrogens with one attached hydrogen (secondary N) is 4. The van der Waals surface area contributed by atoms with Crippen LogP contribution in [0.25, 0.3) is 66.9 Å². The summed E-state index contributed by atoms with van der Waals surface area (Å²) >= 11 is 26.1. The molecule has 38 nitrogen and oxygen atoms in total. The largest absolute Gasteiger partial charge is 0.450 e. The van der Waals surface area contributed by atoms with Gasteiger partial charge in [-0.15, -0.1) is 0 Å². The molecule has 0 bridgehead atoms. The summed E-state index contributed by atoms with van der Waals surface area (Å²) in [5.41, 5.74) is -2.76. The minimum Gasteiger partial charge on any atom is -0.450 e. The zero-order chi connectivity index (χ0) is 73.1. The van der Waals surface area contributed by atoms with E-state index in [1.807, 2.05) is 0 Å². The van der Waals surface area contributed by atoms with E-state index in [0.29, 0.717) is 48.5 Å². The summed E-state index contributed by atoms with van der Waals surface area (Å²) in [7, 11) is -42.0. The Kier molecular flexibility index (Phi) is 19.1. The van der Waals surface area contributed by atoms with Crippen LogP contribution >= 0.6 is 46.4 Å². The maximum absolute atomic E-state index is 13.2. The minimum atomic E-state index is -5.39. The highest BCUT2D eigenvalue weighted by atomic mass is 35.5. The molecule has 50 heteroatoms. The van der Waals surface area contributed by atoms with Crippen molar-refractivity contribution in [1.29, 1.82) is 0 Å². The zero-order valence-electron chi connectivity index (χ0n) is 48.5. The Hall–Kier alpha value is -8.08. The van der Waals surface area contributed by atoms with Gasteiger partial charge < -0.3 is 30.4 Å². The molecule has 0 saturated carbocycles. The van der Waals surface area contributed by atoms with E-state index >= 15 is 0 Å². The molecule has 12 N–H and O–H groups in total. The van der Waals surface area contributed by atoms with Gasteiger partial charge in [-0.3, -0.25) is 41.4 Å². The maximum Gasteiger partial charge on any atom is 0.300 e. The van der Waals surface area contributed by atoms with Crippen LogP contribution in [0.3, 0.4) is 0 Å². The molecular weight excluding hydrogens is 1580 g/mol. The monoisotopic (exact) mass is 1620 g/mol. The molecule has 100 heavy (non-hydrogen) atoms. The lowest BCUT2D eigenvalue weighted by atomic mass is 10.0. The van der Waals surface area contributed by atoms with Gasteiger partial charge in [0.25, 0.3) is 70.8 Å². The molecule has 0 fully saturated rings. The quantitative estimate of drug-likeness (QED) is 0.0202. The molecule has 2 aromatic heterocycles. The maximum atomic E-state index is 13.2. The van der Waals surface area contributed by atoms with Gasteiger partial charge in [0, 0.05) is 48.1 Å². The fourth-order valence-corrected chi connectivity index (χ4v) is 16.3. The molecule has 2 aliphatic heterocycles. The van der Waals surface area contributed by atoms with E-state index in [4.69, 9.17) is 55.6 Å². The van der Waals surface area contributed by atoms with Crippen molar-refractivity contribution in [2.45, 2.75) is 52.0 Å². The Morgan fingerprint density at radius 3 is 1.38 bits per heavy atom. The van der Waals surface area contributed by atoms with Crippen LogP contribution in [0.1, 0.15) is 12.8 Å². The van der Waals surface area contributed by atoms with Gasteiger partial charge in [-0.2, -0.15) is 97.2 Å². The van der Waals surface area contributed by atoms with Crippen molar-refractivity contribution >= 4 is 189 Å². The predicted octanol–water partition coefficient (Wildman–Crippen LogP) is 6.70. The van der Waals surface area contributed by atoms with E-state index in [9.17, 15) is 104 Å². The number of fused-ring (bicyclic) bond motifs is 6. The van der Waals surface area contributed by atoms with E-state index < -0.39 is 202 Å². The zero-order valence-corrected chi connectivity index (χ0v) is 58.0. The van der Waals surface area contributed by atoms with Gasteiger partial charge in [0.2, 0.25) is 22.5 Å². The van der Waals surface area contributed by atoms with Gasteiger partial charge in [-0.25, -0.2) is 4.98 Å². The molecule has 0 unspecified atom stereocenters. The van der Waals surface area contributed by atoms with Gasteiger partial charge in [0.1, 0.15) is 36.7 Å². The second kappa shape index (κ2) is 26.1. The van der Waals surface area contributed by atoms with Crippen molar-refractivity contribution in [2.75, 3.05) is 47.4 Å². The third-order valence-electron chi connectivity index (χ3n) is 14.1. The number of ether oxygens (including phenoxy) is 1. The lowest BCUT2D eigenvalue weighted by Crippen LogP contribution is -2.19. The highest BCUT2D eigenvalue weighted by Crippen LogP contribution is 2.55. The number of anilines is 5. The van der Waals surface area contributed by atoms with Crippen molar-refractivity contribution in [2.24, 2.45) is 4.99 Å². The van der Waals surface area contributed by atoms with E-state index in [0.717, 1.165) is 6.07 Å². The highest BCUT2D eigenvalue weighted by molar-refractivity contribution is 7.88. The molecule has 0 saturated heterocycles. The number of hydrogen-bond donors (Lipinski definition) is 12. The van der Waals surface area contributed by atoms with Crippen LogP contribution in [-0.4, -0.2) is 165 Å². The summed E-state index contributed by atoms with van der Waals surface area (Å²) in [4.78, 5) is 24.4. The van der Waals surface area contributed by atoms with Crippen LogP contribution in [0.2, 0.25) is 20.6 Å². The Morgan fingerprint density at radius 1 is 0.460 bits per heavy atom. The summed E-state index contributed by atoms with van der Waals surface area (Å²) in [5.74, 6) is -3.46. The molecule has 0 amide bonds. The predicted molar refractivity (Wildman–Crippen MR) is 350 cm³/mol. The second-order valence-electron chi connectivity index (χ2n) is 20.7. The van der Waals surface area contributed by atoms with Gasteiger partial charge in [0.05, 0.1) is 36.3 Å². The molecule has 11 rings (SSSR count). The summed E-state index contributed by atoms with van der Waals surface area (Å²) in [6.45, 7) is -0.641. The van der Waals surface area contributed by atoms with Gasteiger partial charge in [-0.1, -0.05) is 23.2 Å². The molecule has 8 aromatic rings. The average molecular weight is 1620 g/mol. The number of nitrogens with zero attached hydrogens (tertiary/aromatic N) is 8. The van der Waals surface area contributed by atoms with Crippen molar-refractivity contribution in [3.8, 4) is 45.7 Å². The first-order chi connectivity index (χ1) is 46.2. The molecule has 0 spiro atoms. The van der Waals surface area contributed by atoms with Crippen molar-refractivity contribution in [3.05, 3.63) is 98.8 Å². The van der Waals surface area contributed by atoms with Crippen LogP contribution in [0.5, 0.6) is 11.5 Å². The molecule has 6 aromatic carbocycles. The second-order valence-corrected chi connectivity index (χ2v) is 33.3. The number of hydrogen-bond acceptors (Lipinski definition) is 30. The highest BCUT2D eigenvalue weighted by Gasteiger charge is 2.36. The normalized spacial score (nSPS) is 13.5.